The number of aliphatic hydroxyl groups excluding tert-OH is 2. The van der Waals surface area contributed by atoms with E-state index in [4.69, 9.17) is 0 Å². The molecule has 0 saturated carbocycles. The van der Waals surface area contributed by atoms with Gasteiger partial charge < -0.3 is 15.5 Å². The minimum atomic E-state index is -0.852. The highest BCUT2D eigenvalue weighted by Gasteiger charge is 2.17. The molecule has 0 aliphatic carbocycles. The summed E-state index contributed by atoms with van der Waals surface area (Å²) >= 11 is 0. The number of aliphatic hydroxyl groups is 2. The van der Waals surface area contributed by atoms with E-state index in [0.29, 0.717) is 6.42 Å². The Morgan fingerprint density at radius 3 is 1.68 bits per heavy atom. The van der Waals surface area contributed by atoms with Crippen molar-refractivity contribution in [3.63, 3.8) is 0 Å². The lowest BCUT2D eigenvalue weighted by Gasteiger charge is -2.19. The molecular weight excluding hydrogens is 422 g/mol. The average molecular weight is 480 g/mol. The van der Waals surface area contributed by atoms with Crippen molar-refractivity contribution in [1.82, 2.24) is 5.32 Å². The molecule has 2 atom stereocenters. The van der Waals surface area contributed by atoms with Crippen LogP contribution in [0.5, 0.6) is 0 Å². The van der Waals surface area contributed by atoms with E-state index in [1.165, 1.54) is 89.9 Å². The van der Waals surface area contributed by atoms with Crippen LogP contribution in [0, 0.1) is 0 Å². The van der Waals surface area contributed by atoms with Crippen molar-refractivity contribution in [2.24, 2.45) is 0 Å². The summed E-state index contributed by atoms with van der Waals surface area (Å²) in [5, 5.41) is 22.6. The number of hydrogen-bond donors (Lipinski definition) is 3. The molecule has 0 fully saturated rings. The number of nitrogens with one attached hydrogen (secondary N) is 1. The van der Waals surface area contributed by atoms with Gasteiger partial charge in [-0.3, -0.25) is 4.79 Å². The quantitative estimate of drug-likeness (QED) is 0.0924. The minimum absolute atomic E-state index is 0.0794. The van der Waals surface area contributed by atoms with Crippen molar-refractivity contribution in [2.45, 2.75) is 154 Å². The Morgan fingerprint density at radius 1 is 0.676 bits per heavy atom. The Morgan fingerprint density at radius 2 is 1.15 bits per heavy atom. The highest BCUT2D eigenvalue weighted by Crippen LogP contribution is 2.13. The highest BCUT2D eigenvalue weighted by molar-refractivity contribution is 5.76. The van der Waals surface area contributed by atoms with Gasteiger partial charge in [-0.15, -0.1) is 0 Å². The van der Waals surface area contributed by atoms with Crippen LogP contribution in [0.1, 0.15) is 142 Å². The van der Waals surface area contributed by atoms with Gasteiger partial charge in [-0.25, -0.2) is 0 Å². The maximum absolute atomic E-state index is 12.2. The summed E-state index contributed by atoms with van der Waals surface area (Å²) in [6.07, 6.45) is 31.1. The number of carbonyl (C=O) groups excluding carboxylic acids is 1. The van der Waals surface area contributed by atoms with Crippen LogP contribution in [0.3, 0.4) is 0 Å². The first-order valence-electron chi connectivity index (χ1n) is 14.6. The molecule has 0 heterocycles. The van der Waals surface area contributed by atoms with Crippen molar-refractivity contribution in [3.05, 3.63) is 24.3 Å². The Hall–Kier alpha value is -1.13. The number of hydrogen-bond acceptors (Lipinski definition) is 3. The van der Waals surface area contributed by atoms with E-state index in [9.17, 15) is 15.0 Å². The van der Waals surface area contributed by atoms with Crippen molar-refractivity contribution < 1.29 is 15.0 Å². The third-order valence-electron chi connectivity index (χ3n) is 6.44. The van der Waals surface area contributed by atoms with Gasteiger partial charge in [-0.2, -0.15) is 0 Å². The fourth-order valence-electron chi connectivity index (χ4n) is 4.12. The summed E-state index contributed by atoms with van der Waals surface area (Å²) in [5.41, 5.74) is 0. The number of carbonyl (C=O) groups is 1. The summed E-state index contributed by atoms with van der Waals surface area (Å²) in [7, 11) is 0. The van der Waals surface area contributed by atoms with Gasteiger partial charge in [0, 0.05) is 6.42 Å². The summed E-state index contributed by atoms with van der Waals surface area (Å²) < 4.78 is 0. The second-order valence-corrected chi connectivity index (χ2v) is 9.81. The summed E-state index contributed by atoms with van der Waals surface area (Å²) in [5.74, 6) is -0.0794. The molecule has 0 rings (SSSR count). The third-order valence-corrected chi connectivity index (χ3v) is 6.44. The first kappa shape index (κ1) is 32.9. The van der Waals surface area contributed by atoms with E-state index in [0.717, 1.165) is 32.1 Å². The Labute approximate surface area is 211 Å². The SMILES string of the molecule is CCCC/C=C/CC/C=C/C(O)C(CO)NC(=O)CCCCCCCCCCCCCCCC. The van der Waals surface area contributed by atoms with Gasteiger partial charge in [-0.1, -0.05) is 134 Å². The van der Waals surface area contributed by atoms with Gasteiger partial charge in [0.05, 0.1) is 18.8 Å². The van der Waals surface area contributed by atoms with Crippen LogP contribution in [0.15, 0.2) is 24.3 Å². The zero-order chi connectivity index (χ0) is 25.1. The van der Waals surface area contributed by atoms with Crippen molar-refractivity contribution in [2.75, 3.05) is 6.61 Å². The Balaban J connectivity index is 3.67. The molecule has 0 aromatic rings. The lowest BCUT2D eigenvalue weighted by molar-refractivity contribution is -0.123. The second kappa shape index (κ2) is 26.5. The van der Waals surface area contributed by atoms with Crippen molar-refractivity contribution in [3.8, 4) is 0 Å². The molecule has 0 aromatic carbocycles. The van der Waals surface area contributed by atoms with Gasteiger partial charge in [0.2, 0.25) is 5.91 Å². The molecule has 0 aliphatic rings. The number of unbranched alkanes of at least 4 members (excludes halogenated alkanes) is 16. The average Bonchev–Trinajstić information content (AvgIpc) is 2.84. The van der Waals surface area contributed by atoms with Crippen molar-refractivity contribution in [1.29, 1.82) is 0 Å². The normalized spacial score (nSPS) is 13.6. The van der Waals surface area contributed by atoms with E-state index in [1.54, 1.807) is 6.08 Å². The van der Waals surface area contributed by atoms with E-state index in [-0.39, 0.29) is 12.5 Å². The lowest BCUT2D eigenvalue weighted by atomic mass is 10.0. The topological polar surface area (TPSA) is 69.6 Å². The standard InChI is InChI=1S/C30H57NO3/c1-3-5-7-9-11-13-14-15-16-17-18-20-22-24-26-30(34)31-28(27-32)29(33)25-23-21-19-12-10-8-6-4-2/h10,12,23,25,28-29,32-33H,3-9,11,13-22,24,26-27H2,1-2H3,(H,31,34)/b12-10+,25-23+. The fraction of sp³-hybridized carbons (Fsp3) is 0.833. The molecular formula is C30H57NO3. The summed E-state index contributed by atoms with van der Waals surface area (Å²) in [4.78, 5) is 12.2. The zero-order valence-electron chi connectivity index (χ0n) is 22.6. The van der Waals surface area contributed by atoms with Crippen LogP contribution < -0.4 is 5.32 Å². The maximum Gasteiger partial charge on any atom is 0.220 e. The first-order chi connectivity index (χ1) is 16.7. The summed E-state index contributed by atoms with van der Waals surface area (Å²) in [6, 6.07) is -0.629. The van der Waals surface area contributed by atoms with Crippen LogP contribution in [0.4, 0.5) is 0 Å². The molecule has 4 nitrogen and oxygen atoms in total. The largest absolute Gasteiger partial charge is 0.394 e. The molecule has 0 spiro atoms. The first-order valence-corrected chi connectivity index (χ1v) is 14.6. The number of allylic oxidation sites excluding steroid dienone is 3. The molecule has 0 aromatic heterocycles. The van der Waals surface area contributed by atoms with E-state index in [2.05, 4.69) is 31.3 Å². The summed E-state index contributed by atoms with van der Waals surface area (Å²) in [6.45, 7) is 4.20. The van der Waals surface area contributed by atoms with Gasteiger partial charge in [0.1, 0.15) is 0 Å². The van der Waals surface area contributed by atoms with Crippen LogP contribution in [0.25, 0.3) is 0 Å². The zero-order valence-corrected chi connectivity index (χ0v) is 22.6. The van der Waals surface area contributed by atoms with Crippen LogP contribution in [-0.4, -0.2) is 34.9 Å². The smallest absolute Gasteiger partial charge is 0.220 e. The molecule has 4 heteroatoms. The highest BCUT2D eigenvalue weighted by atomic mass is 16.3. The maximum atomic E-state index is 12.2. The molecule has 34 heavy (non-hydrogen) atoms. The van der Waals surface area contributed by atoms with E-state index < -0.39 is 12.1 Å². The van der Waals surface area contributed by atoms with Crippen LogP contribution >= 0.6 is 0 Å². The predicted molar refractivity (Wildman–Crippen MR) is 147 cm³/mol. The van der Waals surface area contributed by atoms with Crippen molar-refractivity contribution >= 4 is 5.91 Å². The molecule has 0 bridgehead atoms. The number of rotatable bonds is 25. The van der Waals surface area contributed by atoms with Gasteiger partial charge >= 0.3 is 0 Å². The van der Waals surface area contributed by atoms with Gasteiger partial charge in [0.25, 0.3) is 0 Å². The molecule has 0 radical (unpaired) electrons. The molecule has 0 saturated heterocycles. The van der Waals surface area contributed by atoms with Gasteiger partial charge in [0.15, 0.2) is 0 Å². The molecule has 3 N–H and O–H groups in total. The lowest BCUT2D eigenvalue weighted by Crippen LogP contribution is -2.45. The fourth-order valence-corrected chi connectivity index (χ4v) is 4.12. The predicted octanol–water partition coefficient (Wildman–Crippen LogP) is 7.78. The Bertz CT molecular complexity index is 489. The third kappa shape index (κ3) is 22.7. The second-order valence-electron chi connectivity index (χ2n) is 9.81. The number of amides is 1. The molecule has 200 valence electrons. The van der Waals surface area contributed by atoms with Crippen LogP contribution in [-0.2, 0) is 4.79 Å². The van der Waals surface area contributed by atoms with Crippen LogP contribution in [0.2, 0.25) is 0 Å². The van der Waals surface area contributed by atoms with Gasteiger partial charge in [-0.05, 0) is 25.7 Å². The molecule has 2 unspecified atom stereocenters. The van der Waals surface area contributed by atoms with E-state index in [1.807, 2.05) is 6.08 Å². The molecule has 1 amide bonds. The monoisotopic (exact) mass is 479 g/mol. The van der Waals surface area contributed by atoms with E-state index >= 15 is 0 Å². The minimum Gasteiger partial charge on any atom is -0.394 e. The molecule has 0 aliphatic heterocycles. The Kier molecular flexibility index (Phi) is 25.6.